The zero-order valence-electron chi connectivity index (χ0n) is 19.1. The lowest BCUT2D eigenvalue weighted by molar-refractivity contribution is -0.145. The molecule has 0 spiro atoms. The molecular formula is C26H33N3O3. The number of nitrogens with one attached hydrogen (secondary N) is 1. The number of nitrogens with two attached hydrogens (primary N) is 1. The highest BCUT2D eigenvalue weighted by Crippen LogP contribution is 2.32. The number of carbonyl (C=O) groups excluding carboxylic acids is 2. The Morgan fingerprint density at radius 3 is 2.62 bits per heavy atom. The van der Waals surface area contributed by atoms with Crippen LogP contribution in [0.2, 0.25) is 0 Å². The van der Waals surface area contributed by atoms with Gasteiger partial charge < -0.3 is 21.1 Å². The molecular weight excluding hydrogens is 402 g/mol. The number of nitrogens with zero attached hydrogens (tertiary/aromatic N) is 1. The second-order valence-electron chi connectivity index (χ2n) is 10.1. The van der Waals surface area contributed by atoms with Crippen molar-refractivity contribution in [2.24, 2.45) is 11.1 Å². The van der Waals surface area contributed by atoms with E-state index in [1.807, 2.05) is 39.0 Å². The Hall–Kier alpha value is -2.86. The van der Waals surface area contributed by atoms with Crippen molar-refractivity contribution >= 4 is 11.8 Å². The van der Waals surface area contributed by atoms with Gasteiger partial charge in [0.05, 0.1) is 12.1 Å². The number of aromatic hydroxyl groups is 1. The Labute approximate surface area is 189 Å². The first-order chi connectivity index (χ1) is 15.1. The molecule has 6 heteroatoms. The van der Waals surface area contributed by atoms with Crippen LogP contribution in [0.5, 0.6) is 5.75 Å². The van der Waals surface area contributed by atoms with Crippen molar-refractivity contribution in [2.45, 2.75) is 71.1 Å². The lowest BCUT2D eigenvalue weighted by atomic mass is 9.84. The van der Waals surface area contributed by atoms with Gasteiger partial charge in [-0.2, -0.15) is 0 Å². The summed E-state index contributed by atoms with van der Waals surface area (Å²) in [5, 5.41) is 13.2. The maximum absolute atomic E-state index is 13.5. The Kier molecular flexibility index (Phi) is 5.99. The number of carbonyl (C=O) groups is 2. The van der Waals surface area contributed by atoms with Gasteiger partial charge in [-0.1, -0.05) is 51.1 Å². The van der Waals surface area contributed by atoms with Gasteiger partial charge >= 0.3 is 0 Å². The van der Waals surface area contributed by atoms with Gasteiger partial charge in [-0.3, -0.25) is 9.59 Å². The average molecular weight is 436 g/mol. The highest BCUT2D eigenvalue weighted by atomic mass is 16.3. The zero-order chi connectivity index (χ0) is 23.0. The van der Waals surface area contributed by atoms with E-state index in [1.165, 1.54) is 5.56 Å². The number of hydrogen-bond acceptors (Lipinski definition) is 4. The Morgan fingerprint density at radius 1 is 1.12 bits per heavy atom. The van der Waals surface area contributed by atoms with Gasteiger partial charge in [0.15, 0.2) is 0 Å². The molecule has 0 bridgehead atoms. The minimum atomic E-state index is -0.730. The van der Waals surface area contributed by atoms with Crippen molar-refractivity contribution in [1.82, 2.24) is 10.2 Å². The first-order valence-corrected chi connectivity index (χ1v) is 11.4. The van der Waals surface area contributed by atoms with Crippen molar-refractivity contribution < 1.29 is 14.7 Å². The topological polar surface area (TPSA) is 95.7 Å². The monoisotopic (exact) mass is 435 g/mol. The molecule has 0 unspecified atom stereocenters. The summed E-state index contributed by atoms with van der Waals surface area (Å²) >= 11 is 0. The molecule has 2 aliphatic rings. The van der Waals surface area contributed by atoms with Crippen molar-refractivity contribution in [1.29, 1.82) is 0 Å². The van der Waals surface area contributed by atoms with Crippen LogP contribution in [0.1, 0.15) is 61.9 Å². The maximum atomic E-state index is 13.5. The van der Waals surface area contributed by atoms with Crippen LogP contribution >= 0.6 is 0 Å². The van der Waals surface area contributed by atoms with E-state index in [-0.39, 0.29) is 30.2 Å². The highest BCUT2D eigenvalue weighted by Gasteiger charge is 2.40. The second-order valence-corrected chi connectivity index (χ2v) is 10.1. The number of amides is 2. The third kappa shape index (κ3) is 4.37. The van der Waals surface area contributed by atoms with E-state index in [1.54, 1.807) is 17.0 Å². The molecule has 4 rings (SSSR count). The number of benzene rings is 2. The van der Waals surface area contributed by atoms with Gasteiger partial charge in [-0.15, -0.1) is 0 Å². The minimum Gasteiger partial charge on any atom is -0.508 e. The van der Waals surface area contributed by atoms with Gasteiger partial charge in [-0.05, 0) is 59.1 Å². The van der Waals surface area contributed by atoms with Crippen molar-refractivity contribution in [3.63, 3.8) is 0 Å². The first-order valence-electron chi connectivity index (χ1n) is 11.4. The maximum Gasteiger partial charge on any atom is 0.243 e. The van der Waals surface area contributed by atoms with Crippen LogP contribution in [0.4, 0.5) is 0 Å². The molecule has 0 saturated carbocycles. The molecule has 1 heterocycles. The molecule has 2 aromatic carbocycles. The molecule has 0 fully saturated rings. The predicted octanol–water partition coefficient (Wildman–Crippen LogP) is 3.21. The van der Waals surface area contributed by atoms with E-state index < -0.39 is 17.5 Å². The summed E-state index contributed by atoms with van der Waals surface area (Å²) < 4.78 is 0. The lowest BCUT2D eigenvalue weighted by Gasteiger charge is -2.40. The fourth-order valence-corrected chi connectivity index (χ4v) is 4.76. The van der Waals surface area contributed by atoms with Gasteiger partial charge in [0.2, 0.25) is 11.8 Å². The summed E-state index contributed by atoms with van der Waals surface area (Å²) in [6.07, 6.45) is 3.33. The van der Waals surface area contributed by atoms with E-state index in [9.17, 15) is 14.7 Å². The molecule has 2 amide bonds. The van der Waals surface area contributed by atoms with E-state index in [0.717, 1.165) is 36.0 Å². The number of rotatable bonds is 3. The molecule has 1 aliphatic heterocycles. The Morgan fingerprint density at radius 2 is 1.88 bits per heavy atom. The van der Waals surface area contributed by atoms with Crippen LogP contribution < -0.4 is 11.1 Å². The molecule has 4 N–H and O–H groups in total. The van der Waals surface area contributed by atoms with Crippen LogP contribution in [0, 0.1) is 5.41 Å². The van der Waals surface area contributed by atoms with Crippen LogP contribution in [0.25, 0.3) is 0 Å². The minimum absolute atomic E-state index is 0.0538. The predicted molar refractivity (Wildman–Crippen MR) is 124 cm³/mol. The quantitative estimate of drug-likeness (QED) is 0.690. The van der Waals surface area contributed by atoms with Crippen LogP contribution in [0.3, 0.4) is 0 Å². The van der Waals surface area contributed by atoms with Gasteiger partial charge in [-0.25, -0.2) is 0 Å². The lowest BCUT2D eigenvalue weighted by Crippen LogP contribution is -2.59. The van der Waals surface area contributed by atoms with Crippen molar-refractivity contribution in [2.75, 3.05) is 0 Å². The number of fused-ring (bicyclic) bond motifs is 2. The average Bonchev–Trinajstić information content (AvgIpc) is 2.76. The molecule has 6 nitrogen and oxygen atoms in total. The molecule has 3 atom stereocenters. The molecule has 0 aromatic heterocycles. The molecule has 32 heavy (non-hydrogen) atoms. The van der Waals surface area contributed by atoms with Gasteiger partial charge in [0, 0.05) is 13.0 Å². The van der Waals surface area contributed by atoms with E-state index >= 15 is 0 Å². The van der Waals surface area contributed by atoms with Gasteiger partial charge in [0.1, 0.15) is 11.8 Å². The second kappa shape index (κ2) is 8.58. The number of aryl methyl sites for hydroxylation is 1. The highest BCUT2D eigenvalue weighted by molar-refractivity contribution is 5.91. The summed E-state index contributed by atoms with van der Waals surface area (Å²) in [7, 11) is 0. The number of hydrogen-bond donors (Lipinski definition) is 3. The Bertz CT molecular complexity index is 1030. The third-order valence-electron chi connectivity index (χ3n) is 6.79. The summed E-state index contributed by atoms with van der Waals surface area (Å²) in [6, 6.07) is 12.0. The van der Waals surface area contributed by atoms with Crippen LogP contribution in [-0.4, -0.2) is 33.9 Å². The third-order valence-corrected chi connectivity index (χ3v) is 6.79. The van der Waals surface area contributed by atoms with E-state index in [2.05, 4.69) is 17.4 Å². The smallest absolute Gasteiger partial charge is 0.243 e. The standard InChI is InChI=1S/C26H33N3O3/c1-26(2,3)23(27)25(32)29-15-18-13-19(30)12-11-17(18)14-22(29)24(31)28-21-10-6-8-16-7-4-5-9-20(16)21/h4-5,7,9,11-13,21-23,30H,6,8,10,14-15,27H2,1-3H3,(H,28,31)/t21-,22-,23-/m1/s1. The van der Waals surface area contributed by atoms with Gasteiger partial charge in [0.25, 0.3) is 0 Å². The van der Waals surface area contributed by atoms with Crippen LogP contribution in [-0.2, 0) is 29.0 Å². The number of phenols is 1. The largest absolute Gasteiger partial charge is 0.508 e. The summed E-state index contributed by atoms with van der Waals surface area (Å²) in [6.45, 7) is 6.03. The zero-order valence-corrected chi connectivity index (χ0v) is 19.1. The summed E-state index contributed by atoms with van der Waals surface area (Å²) in [5.41, 5.74) is 10.1. The van der Waals surface area contributed by atoms with Crippen molar-refractivity contribution in [3.8, 4) is 5.75 Å². The molecule has 1 aliphatic carbocycles. The van der Waals surface area contributed by atoms with Crippen molar-refractivity contribution in [3.05, 3.63) is 64.7 Å². The summed E-state index contributed by atoms with van der Waals surface area (Å²) in [4.78, 5) is 28.5. The Balaban J connectivity index is 1.62. The molecule has 0 radical (unpaired) electrons. The van der Waals surface area contributed by atoms with Crippen LogP contribution in [0.15, 0.2) is 42.5 Å². The molecule has 170 valence electrons. The normalized spacial score (nSPS) is 21.3. The first kappa shape index (κ1) is 22.3. The number of phenolic OH excluding ortho intramolecular Hbond substituents is 1. The molecule has 2 aromatic rings. The fourth-order valence-electron chi connectivity index (χ4n) is 4.76. The fraction of sp³-hybridized carbons (Fsp3) is 0.462. The van der Waals surface area contributed by atoms with E-state index in [4.69, 9.17) is 5.73 Å². The van der Waals surface area contributed by atoms with E-state index in [0.29, 0.717) is 6.42 Å². The SMILES string of the molecule is CC(C)(C)[C@H](N)C(=O)N1Cc2cc(O)ccc2C[C@@H]1C(=O)N[C@@H]1CCCc2ccccc21. The molecule has 0 saturated heterocycles. The summed E-state index contributed by atoms with van der Waals surface area (Å²) in [5.74, 6) is -0.242.